The molecule has 2 aromatic carbocycles. The summed E-state index contributed by atoms with van der Waals surface area (Å²) in [7, 11) is 1.59. The third-order valence-corrected chi connectivity index (χ3v) is 5.05. The van der Waals surface area contributed by atoms with Gasteiger partial charge in [-0.2, -0.15) is 0 Å². The summed E-state index contributed by atoms with van der Waals surface area (Å²) < 4.78 is 30.4. The average molecular weight is 480 g/mol. The highest BCUT2D eigenvalue weighted by atomic mass is 35.5. The van der Waals surface area contributed by atoms with Crippen molar-refractivity contribution in [3.05, 3.63) is 58.4 Å². The number of morpholine rings is 1. The molecule has 1 N–H and O–H groups in total. The zero-order chi connectivity index (χ0) is 19.8. The van der Waals surface area contributed by atoms with Gasteiger partial charge in [-0.15, -0.1) is 0 Å². The van der Waals surface area contributed by atoms with Crippen LogP contribution in [0.1, 0.15) is 11.1 Å². The molecule has 5 nitrogen and oxygen atoms in total. The van der Waals surface area contributed by atoms with E-state index in [4.69, 9.17) is 25.8 Å². The second-order valence-electron chi connectivity index (χ2n) is 6.60. The van der Waals surface area contributed by atoms with Gasteiger partial charge in [-0.3, -0.25) is 4.90 Å². The smallest absolute Gasteiger partial charge is 0.161 e. The molecule has 0 amide bonds. The second kappa shape index (κ2) is 13.9. The summed E-state index contributed by atoms with van der Waals surface area (Å²) in [4.78, 5) is 2.39. The SMILES string of the molecule is COc1cc(CNCCN2CCOCC2)ccc1OCc1c(F)cccc1Cl.[Cl-].[Cl-]. The number of nitrogens with one attached hydrogen (secondary N) is 1. The lowest BCUT2D eigenvalue weighted by Gasteiger charge is -2.26. The predicted octanol–water partition coefficient (Wildman–Crippen LogP) is -2.50. The first-order chi connectivity index (χ1) is 13.7. The second-order valence-corrected chi connectivity index (χ2v) is 7.01. The Balaban J connectivity index is 0.00000225. The summed E-state index contributed by atoms with van der Waals surface area (Å²) >= 11 is 6.05. The maximum absolute atomic E-state index is 13.9. The Kier molecular flexibility index (Phi) is 12.4. The highest BCUT2D eigenvalue weighted by molar-refractivity contribution is 6.31. The van der Waals surface area contributed by atoms with E-state index in [1.807, 2.05) is 18.2 Å². The van der Waals surface area contributed by atoms with E-state index in [0.717, 1.165) is 51.5 Å². The lowest BCUT2D eigenvalue weighted by molar-refractivity contribution is -0.001000. The Hall–Kier alpha value is -1.28. The van der Waals surface area contributed by atoms with Gasteiger partial charge < -0.3 is 44.3 Å². The molecule has 30 heavy (non-hydrogen) atoms. The zero-order valence-corrected chi connectivity index (χ0v) is 19.1. The fourth-order valence-corrected chi connectivity index (χ4v) is 3.27. The Morgan fingerprint density at radius 3 is 2.60 bits per heavy atom. The fraction of sp³-hybridized carbons (Fsp3) is 0.429. The first-order valence-electron chi connectivity index (χ1n) is 9.41. The summed E-state index contributed by atoms with van der Waals surface area (Å²) in [5, 5.41) is 3.79. The largest absolute Gasteiger partial charge is 1.00 e. The van der Waals surface area contributed by atoms with Crippen molar-refractivity contribution in [1.29, 1.82) is 0 Å². The molecule has 0 spiro atoms. The number of hydrogen-bond donors (Lipinski definition) is 1. The summed E-state index contributed by atoms with van der Waals surface area (Å²) in [6, 6.07) is 10.3. The molecule has 1 saturated heterocycles. The van der Waals surface area contributed by atoms with Gasteiger partial charge in [-0.25, -0.2) is 4.39 Å². The van der Waals surface area contributed by atoms with Gasteiger partial charge in [0.15, 0.2) is 11.5 Å². The number of hydrogen-bond acceptors (Lipinski definition) is 5. The molecule has 1 heterocycles. The van der Waals surface area contributed by atoms with E-state index >= 15 is 0 Å². The number of benzene rings is 2. The van der Waals surface area contributed by atoms with E-state index in [2.05, 4.69) is 10.2 Å². The first kappa shape index (κ1) is 26.8. The molecule has 0 radical (unpaired) electrons. The molecule has 9 heteroatoms. The standard InChI is InChI=1S/C21H26ClFN2O3.2ClH/c1-26-21-13-16(14-24-7-8-25-9-11-27-12-10-25)5-6-20(21)28-15-17-18(22)3-2-4-19(17)23;;/h2-6,13,24H,7-12,14-15H2,1H3;2*1H/p-2. The lowest BCUT2D eigenvalue weighted by atomic mass is 10.2. The van der Waals surface area contributed by atoms with Crippen LogP contribution in [0.25, 0.3) is 0 Å². The number of nitrogens with zero attached hydrogens (tertiary/aromatic N) is 1. The van der Waals surface area contributed by atoms with Crippen molar-refractivity contribution in [3.63, 3.8) is 0 Å². The van der Waals surface area contributed by atoms with Crippen LogP contribution in [0.4, 0.5) is 4.39 Å². The van der Waals surface area contributed by atoms with Crippen LogP contribution in [0, 0.1) is 5.82 Å². The molecule has 3 rings (SSSR count). The van der Waals surface area contributed by atoms with Crippen molar-refractivity contribution < 1.29 is 43.4 Å². The molecule has 168 valence electrons. The third-order valence-electron chi connectivity index (χ3n) is 4.70. The molecule has 0 atom stereocenters. The minimum atomic E-state index is -0.382. The molecule has 0 bridgehead atoms. The van der Waals surface area contributed by atoms with Crippen molar-refractivity contribution in [1.82, 2.24) is 10.2 Å². The van der Waals surface area contributed by atoms with E-state index in [9.17, 15) is 4.39 Å². The highest BCUT2D eigenvalue weighted by Gasteiger charge is 2.12. The minimum absolute atomic E-state index is 0. The van der Waals surface area contributed by atoms with Gasteiger partial charge in [-0.05, 0) is 29.8 Å². The normalized spacial score (nSPS) is 13.8. The molecule has 1 aliphatic heterocycles. The van der Waals surface area contributed by atoms with Crippen LogP contribution in [0.5, 0.6) is 11.5 Å². The Morgan fingerprint density at radius 1 is 1.13 bits per heavy atom. The molecule has 0 aliphatic carbocycles. The lowest BCUT2D eigenvalue weighted by Crippen LogP contribution is -3.00. The molecule has 0 aromatic heterocycles. The van der Waals surface area contributed by atoms with E-state index in [1.54, 1.807) is 19.2 Å². The summed E-state index contributed by atoms with van der Waals surface area (Å²) in [6.07, 6.45) is 0. The van der Waals surface area contributed by atoms with Gasteiger partial charge in [0.2, 0.25) is 0 Å². The monoisotopic (exact) mass is 478 g/mol. The number of rotatable bonds is 9. The molecule has 0 unspecified atom stereocenters. The number of halogens is 4. The molecule has 2 aromatic rings. The predicted molar refractivity (Wildman–Crippen MR) is 108 cm³/mol. The fourth-order valence-electron chi connectivity index (χ4n) is 3.06. The molecule has 0 saturated carbocycles. The van der Waals surface area contributed by atoms with Crippen LogP contribution >= 0.6 is 11.6 Å². The van der Waals surface area contributed by atoms with Crippen LogP contribution < -0.4 is 39.6 Å². The summed E-state index contributed by atoms with van der Waals surface area (Å²) in [5.74, 6) is 0.784. The summed E-state index contributed by atoms with van der Waals surface area (Å²) in [6.45, 7) is 6.31. The van der Waals surface area contributed by atoms with Crippen molar-refractivity contribution in [2.24, 2.45) is 0 Å². The van der Waals surface area contributed by atoms with E-state index in [-0.39, 0.29) is 37.2 Å². The summed E-state index contributed by atoms with van der Waals surface area (Å²) in [5.41, 5.74) is 1.43. The van der Waals surface area contributed by atoms with Crippen LogP contribution in [-0.2, 0) is 17.9 Å². The van der Waals surface area contributed by atoms with Gasteiger partial charge in [0.25, 0.3) is 0 Å². The maximum atomic E-state index is 13.9. The Morgan fingerprint density at radius 2 is 1.90 bits per heavy atom. The highest BCUT2D eigenvalue weighted by Crippen LogP contribution is 2.30. The van der Waals surface area contributed by atoms with Gasteiger partial charge in [0.05, 0.1) is 25.3 Å². The van der Waals surface area contributed by atoms with Gasteiger partial charge >= 0.3 is 0 Å². The van der Waals surface area contributed by atoms with Gasteiger partial charge in [-0.1, -0.05) is 23.7 Å². The molecular formula is C21H26Cl3FN2O3-2. The first-order valence-corrected chi connectivity index (χ1v) is 9.78. The minimum Gasteiger partial charge on any atom is -1.00 e. The quantitative estimate of drug-likeness (QED) is 0.403. The number of ether oxygens (including phenoxy) is 3. The van der Waals surface area contributed by atoms with E-state index in [1.165, 1.54) is 6.07 Å². The van der Waals surface area contributed by atoms with E-state index < -0.39 is 0 Å². The molecule has 1 fully saturated rings. The van der Waals surface area contributed by atoms with Crippen LogP contribution in [0.3, 0.4) is 0 Å². The van der Waals surface area contributed by atoms with Gasteiger partial charge in [0.1, 0.15) is 12.4 Å². The Labute approximate surface area is 194 Å². The Bertz CT molecular complexity index is 757. The van der Waals surface area contributed by atoms with E-state index in [0.29, 0.717) is 22.1 Å². The molecular weight excluding hydrogens is 454 g/mol. The third kappa shape index (κ3) is 7.76. The van der Waals surface area contributed by atoms with Crippen molar-refractivity contribution in [3.8, 4) is 11.5 Å². The van der Waals surface area contributed by atoms with Crippen LogP contribution in [0.15, 0.2) is 36.4 Å². The van der Waals surface area contributed by atoms with Crippen molar-refractivity contribution in [2.45, 2.75) is 13.2 Å². The van der Waals surface area contributed by atoms with Crippen molar-refractivity contribution >= 4 is 11.6 Å². The van der Waals surface area contributed by atoms with Gasteiger partial charge in [0, 0.05) is 38.3 Å². The topological polar surface area (TPSA) is 43.0 Å². The van der Waals surface area contributed by atoms with Crippen LogP contribution in [0.2, 0.25) is 5.02 Å². The molecule has 1 aliphatic rings. The zero-order valence-electron chi connectivity index (χ0n) is 16.8. The number of methoxy groups -OCH3 is 1. The van der Waals surface area contributed by atoms with Crippen LogP contribution in [-0.4, -0.2) is 51.4 Å². The maximum Gasteiger partial charge on any atom is 0.161 e. The van der Waals surface area contributed by atoms with Crippen molar-refractivity contribution in [2.75, 3.05) is 46.5 Å². The average Bonchev–Trinajstić information content (AvgIpc) is 2.72.